The molecule has 0 aromatic rings. The van der Waals surface area contributed by atoms with Crippen LogP contribution in [0.5, 0.6) is 0 Å². The first-order chi connectivity index (χ1) is 5.86. The molecule has 2 aliphatic rings. The second-order valence-corrected chi connectivity index (χ2v) is 4.28. The molecule has 2 unspecified atom stereocenters. The largest absolute Gasteiger partial charge is 0.393 e. The van der Waals surface area contributed by atoms with Crippen molar-refractivity contribution >= 4 is 0 Å². The quantitative estimate of drug-likeness (QED) is 0.620. The number of nitrogens with one attached hydrogen (secondary N) is 1. The molecule has 2 rings (SSSR count). The van der Waals surface area contributed by atoms with E-state index in [9.17, 15) is 5.11 Å². The van der Waals surface area contributed by atoms with E-state index in [4.69, 9.17) is 0 Å². The molecule has 0 aromatic heterocycles. The van der Waals surface area contributed by atoms with Gasteiger partial charge in [0.15, 0.2) is 0 Å². The summed E-state index contributed by atoms with van der Waals surface area (Å²) in [5.74, 6) is 0.861. The van der Waals surface area contributed by atoms with Gasteiger partial charge in [0.2, 0.25) is 0 Å². The maximum Gasteiger partial charge on any atom is 0.0567 e. The lowest BCUT2D eigenvalue weighted by molar-refractivity contribution is 0.101. The van der Waals surface area contributed by atoms with Crippen molar-refractivity contribution in [2.75, 3.05) is 6.54 Å². The van der Waals surface area contributed by atoms with Crippen LogP contribution in [0.1, 0.15) is 38.5 Å². The van der Waals surface area contributed by atoms with Crippen molar-refractivity contribution in [2.24, 2.45) is 5.92 Å². The molecule has 1 heterocycles. The molecule has 0 aromatic carbocycles. The molecular weight excluding hydrogens is 150 g/mol. The second kappa shape index (κ2) is 3.75. The molecule has 0 amide bonds. The molecule has 70 valence electrons. The van der Waals surface area contributed by atoms with Crippen LogP contribution in [0.25, 0.3) is 0 Å². The molecule has 0 spiro atoms. The summed E-state index contributed by atoms with van der Waals surface area (Å²) in [6.07, 6.45) is 7.47. The van der Waals surface area contributed by atoms with E-state index in [-0.39, 0.29) is 6.10 Å². The molecule has 2 heteroatoms. The molecular formula is C10H19NO. The Bertz CT molecular complexity index is 143. The van der Waals surface area contributed by atoms with E-state index in [2.05, 4.69) is 5.32 Å². The molecule has 12 heavy (non-hydrogen) atoms. The van der Waals surface area contributed by atoms with Gasteiger partial charge < -0.3 is 10.4 Å². The monoisotopic (exact) mass is 169 g/mol. The van der Waals surface area contributed by atoms with Crippen molar-refractivity contribution < 1.29 is 5.11 Å². The lowest BCUT2D eigenvalue weighted by atomic mass is 9.90. The first-order valence-electron chi connectivity index (χ1n) is 5.28. The number of aliphatic hydroxyl groups excluding tert-OH is 1. The zero-order valence-corrected chi connectivity index (χ0v) is 7.63. The number of rotatable bonds is 1. The molecule has 0 radical (unpaired) electrons. The minimum atomic E-state index is -0.0307. The van der Waals surface area contributed by atoms with Crippen LogP contribution in [0.4, 0.5) is 0 Å². The van der Waals surface area contributed by atoms with Gasteiger partial charge >= 0.3 is 0 Å². The Balaban J connectivity index is 1.85. The molecule has 2 nitrogen and oxygen atoms in total. The van der Waals surface area contributed by atoms with Crippen LogP contribution in [0, 0.1) is 5.92 Å². The lowest BCUT2D eigenvalue weighted by Crippen LogP contribution is -2.44. The first kappa shape index (κ1) is 8.52. The third-order valence-electron chi connectivity index (χ3n) is 3.38. The van der Waals surface area contributed by atoms with E-state index >= 15 is 0 Å². The fourth-order valence-electron chi connectivity index (χ4n) is 2.65. The van der Waals surface area contributed by atoms with Crippen molar-refractivity contribution in [2.45, 2.75) is 50.7 Å². The summed E-state index contributed by atoms with van der Waals surface area (Å²) in [7, 11) is 0. The number of hydrogen-bond donors (Lipinski definition) is 2. The van der Waals surface area contributed by atoms with E-state index in [1.807, 2.05) is 0 Å². The highest BCUT2D eigenvalue weighted by Crippen LogP contribution is 2.30. The smallest absolute Gasteiger partial charge is 0.0567 e. The lowest BCUT2D eigenvalue weighted by Gasteiger charge is -2.31. The summed E-state index contributed by atoms with van der Waals surface area (Å²) < 4.78 is 0. The van der Waals surface area contributed by atoms with E-state index in [0.29, 0.717) is 6.04 Å². The summed E-state index contributed by atoms with van der Waals surface area (Å²) in [6.45, 7) is 1.02. The van der Waals surface area contributed by atoms with Crippen molar-refractivity contribution in [1.29, 1.82) is 0 Å². The third-order valence-corrected chi connectivity index (χ3v) is 3.38. The van der Waals surface area contributed by atoms with E-state index in [1.165, 1.54) is 25.7 Å². The maximum absolute atomic E-state index is 9.50. The summed E-state index contributed by atoms with van der Waals surface area (Å²) in [6, 6.07) is 0.622. The highest BCUT2D eigenvalue weighted by Gasteiger charge is 2.28. The van der Waals surface area contributed by atoms with Crippen LogP contribution in [-0.4, -0.2) is 23.8 Å². The Hall–Kier alpha value is -0.0800. The van der Waals surface area contributed by atoms with Crippen molar-refractivity contribution in [3.63, 3.8) is 0 Å². The van der Waals surface area contributed by atoms with Gasteiger partial charge in [0.05, 0.1) is 6.10 Å². The van der Waals surface area contributed by atoms with Gasteiger partial charge in [0, 0.05) is 6.04 Å². The van der Waals surface area contributed by atoms with Crippen LogP contribution in [-0.2, 0) is 0 Å². The normalized spacial score (nSPS) is 38.8. The van der Waals surface area contributed by atoms with Gasteiger partial charge in [-0.2, -0.15) is 0 Å². The standard InChI is InChI=1S/C10H19NO/c12-9-5-6-11-10(7-9)8-3-1-2-4-8/h8-12H,1-7H2. The van der Waals surface area contributed by atoms with Crippen molar-refractivity contribution in [1.82, 2.24) is 5.32 Å². The summed E-state index contributed by atoms with van der Waals surface area (Å²) in [4.78, 5) is 0. The van der Waals surface area contributed by atoms with Crippen LogP contribution >= 0.6 is 0 Å². The van der Waals surface area contributed by atoms with E-state index in [1.54, 1.807) is 0 Å². The number of hydrogen-bond acceptors (Lipinski definition) is 2. The SMILES string of the molecule is OC1CCNC(C2CCCC2)C1. The summed E-state index contributed by atoms with van der Waals surface area (Å²) >= 11 is 0. The van der Waals surface area contributed by atoms with Gasteiger partial charge in [0.25, 0.3) is 0 Å². The predicted octanol–water partition coefficient (Wildman–Crippen LogP) is 1.29. The Morgan fingerprint density at radius 2 is 1.83 bits per heavy atom. The third kappa shape index (κ3) is 1.80. The van der Waals surface area contributed by atoms with Gasteiger partial charge in [-0.1, -0.05) is 12.8 Å². The molecule has 2 fully saturated rings. The minimum Gasteiger partial charge on any atom is -0.393 e. The van der Waals surface area contributed by atoms with E-state index < -0.39 is 0 Å². The number of aliphatic hydroxyl groups is 1. The molecule has 1 saturated carbocycles. The first-order valence-corrected chi connectivity index (χ1v) is 5.28. The average Bonchev–Trinajstić information content (AvgIpc) is 2.56. The highest BCUT2D eigenvalue weighted by molar-refractivity contribution is 4.85. The highest BCUT2D eigenvalue weighted by atomic mass is 16.3. The zero-order valence-electron chi connectivity index (χ0n) is 7.63. The van der Waals surface area contributed by atoms with Crippen LogP contribution in [0.15, 0.2) is 0 Å². The van der Waals surface area contributed by atoms with E-state index in [0.717, 1.165) is 25.3 Å². The molecule has 1 aliphatic heterocycles. The maximum atomic E-state index is 9.50. The Kier molecular flexibility index (Phi) is 2.66. The minimum absolute atomic E-state index is 0.0307. The summed E-state index contributed by atoms with van der Waals surface area (Å²) in [5.41, 5.74) is 0. The van der Waals surface area contributed by atoms with Crippen LogP contribution < -0.4 is 5.32 Å². The number of piperidine rings is 1. The fourth-order valence-corrected chi connectivity index (χ4v) is 2.65. The Labute approximate surface area is 74.4 Å². The van der Waals surface area contributed by atoms with Gasteiger partial charge in [-0.05, 0) is 38.1 Å². The Morgan fingerprint density at radius 3 is 2.50 bits per heavy atom. The van der Waals surface area contributed by atoms with Crippen LogP contribution in [0.3, 0.4) is 0 Å². The topological polar surface area (TPSA) is 32.3 Å². The molecule has 0 bridgehead atoms. The molecule has 2 N–H and O–H groups in total. The second-order valence-electron chi connectivity index (χ2n) is 4.28. The molecule has 1 aliphatic carbocycles. The van der Waals surface area contributed by atoms with Gasteiger partial charge in [-0.15, -0.1) is 0 Å². The fraction of sp³-hybridized carbons (Fsp3) is 1.00. The van der Waals surface area contributed by atoms with Gasteiger partial charge in [0.1, 0.15) is 0 Å². The average molecular weight is 169 g/mol. The van der Waals surface area contributed by atoms with Crippen molar-refractivity contribution in [3.8, 4) is 0 Å². The summed E-state index contributed by atoms with van der Waals surface area (Å²) in [5, 5.41) is 13.0. The molecule has 2 atom stereocenters. The predicted molar refractivity (Wildman–Crippen MR) is 49.0 cm³/mol. The Morgan fingerprint density at radius 1 is 1.08 bits per heavy atom. The molecule has 1 saturated heterocycles. The van der Waals surface area contributed by atoms with Gasteiger partial charge in [-0.25, -0.2) is 0 Å². The van der Waals surface area contributed by atoms with Crippen molar-refractivity contribution in [3.05, 3.63) is 0 Å². The van der Waals surface area contributed by atoms with Gasteiger partial charge in [-0.3, -0.25) is 0 Å². The van der Waals surface area contributed by atoms with Crippen LogP contribution in [0.2, 0.25) is 0 Å². The zero-order chi connectivity index (χ0) is 8.39.